The van der Waals surface area contributed by atoms with Gasteiger partial charge in [-0.25, -0.2) is 18.7 Å². The van der Waals surface area contributed by atoms with Gasteiger partial charge in [0.2, 0.25) is 11.9 Å². The minimum Gasteiger partial charge on any atom is -0.496 e. The first kappa shape index (κ1) is 30.2. The normalized spacial score (nSPS) is 11.3. The van der Waals surface area contributed by atoms with E-state index in [1.165, 1.54) is 11.1 Å². The van der Waals surface area contributed by atoms with Gasteiger partial charge in [0.05, 0.1) is 32.1 Å². The molecule has 5 aromatic rings. The van der Waals surface area contributed by atoms with Gasteiger partial charge in [-0.2, -0.15) is 9.97 Å². The Labute approximate surface area is 255 Å². The molecule has 4 N–H and O–H groups in total. The summed E-state index contributed by atoms with van der Waals surface area (Å²) in [5.74, 6) is 0.532. The second-order valence-electron chi connectivity index (χ2n) is 8.28. The number of nitrogens with zero attached hydrogens (tertiary/aromatic N) is 5. The highest BCUT2D eigenvalue weighted by Crippen LogP contribution is 2.33. The molecule has 0 atom stereocenters. The lowest BCUT2D eigenvalue weighted by Gasteiger charge is -2.08. The largest absolute Gasteiger partial charge is 0.496 e. The molecule has 1 aliphatic carbocycles. The monoisotopic (exact) mass is 707 g/mol. The van der Waals surface area contributed by atoms with Crippen molar-refractivity contribution in [2.24, 2.45) is 0 Å². The Kier molecular flexibility index (Phi) is 9.73. The molecule has 0 saturated carbocycles. The van der Waals surface area contributed by atoms with E-state index >= 15 is 0 Å². The van der Waals surface area contributed by atoms with Crippen molar-refractivity contribution in [1.82, 2.24) is 24.5 Å². The van der Waals surface area contributed by atoms with Gasteiger partial charge in [0.1, 0.15) is 11.5 Å². The molecule has 0 fully saturated rings. The Morgan fingerprint density at radius 2 is 1.54 bits per heavy atom. The van der Waals surface area contributed by atoms with E-state index in [1.807, 2.05) is 24.3 Å². The van der Waals surface area contributed by atoms with Crippen LogP contribution >= 0.6 is 43.5 Å². The molecular weight excluding hydrogens is 688 g/mol. The highest BCUT2D eigenvalue weighted by atomic mass is 79.9. The fraction of sp³-hybridized carbons (Fsp3) is 0.111. The van der Waals surface area contributed by atoms with Crippen LogP contribution in [0.25, 0.3) is 22.8 Å². The number of nitrogens with two attached hydrogens (primary N) is 2. The number of allylic oxidation sites excluding steroid dienone is 1. The molecule has 0 aliphatic heterocycles. The molecule has 0 saturated heterocycles. The van der Waals surface area contributed by atoms with Crippen LogP contribution in [0.1, 0.15) is 11.1 Å². The predicted octanol–water partition coefficient (Wildman–Crippen LogP) is 6.79. The third-order valence-electron chi connectivity index (χ3n) is 5.68. The maximum Gasteiger partial charge on any atom is 0.222 e. The van der Waals surface area contributed by atoms with Crippen LogP contribution in [-0.2, 0) is 6.42 Å². The Balaban J connectivity index is 0.000000156. The topological polar surface area (TPSA) is 127 Å². The lowest BCUT2D eigenvalue weighted by molar-refractivity contribution is 0.413. The molecule has 0 bridgehead atoms. The summed E-state index contributed by atoms with van der Waals surface area (Å²) in [7, 11) is 3.29. The minimum atomic E-state index is -0.661. The molecule has 41 heavy (non-hydrogen) atoms. The van der Waals surface area contributed by atoms with E-state index in [9.17, 15) is 8.78 Å². The summed E-state index contributed by atoms with van der Waals surface area (Å²) in [6, 6.07) is 9.66. The van der Waals surface area contributed by atoms with Gasteiger partial charge in [0.25, 0.3) is 0 Å². The van der Waals surface area contributed by atoms with Crippen molar-refractivity contribution in [1.29, 1.82) is 0 Å². The summed E-state index contributed by atoms with van der Waals surface area (Å²) in [5, 5.41) is 0.606. The molecule has 0 amide bonds. The Hall–Kier alpha value is -3.81. The molecule has 6 rings (SSSR count). The zero-order valence-corrected chi connectivity index (χ0v) is 25.5. The van der Waals surface area contributed by atoms with E-state index in [4.69, 9.17) is 32.5 Å². The molecule has 0 unspecified atom stereocenters. The summed E-state index contributed by atoms with van der Waals surface area (Å²) < 4.78 is 40.2. The fourth-order valence-corrected chi connectivity index (χ4v) is 4.95. The van der Waals surface area contributed by atoms with Crippen LogP contribution < -0.4 is 20.9 Å². The summed E-state index contributed by atoms with van der Waals surface area (Å²) in [6.07, 6.45) is 8.97. The van der Waals surface area contributed by atoms with Crippen molar-refractivity contribution in [3.8, 4) is 17.3 Å². The Bertz CT molecular complexity index is 1750. The quantitative estimate of drug-likeness (QED) is 0.196. The standard InChI is InChI=1S/C13H10BrFN4O.C10H9BrO.C4H3ClFN3/c1-20-11-5-7(14)4-10-8(11)2-3-19(10)12-9(15)6-17-13(16)18-12;1-12-10-6-8(11)5-7-3-2-4-9(7)10;5-3-2(6)1-8-4(7)9-3/h2-6H,1H3,(H2,16,17,18);2,4-6H,3H2,1H3;1H,(H2,7,8,9). The molecule has 0 radical (unpaired) electrons. The summed E-state index contributed by atoms with van der Waals surface area (Å²) >= 11 is 12.1. The molecule has 1 aliphatic rings. The summed E-state index contributed by atoms with van der Waals surface area (Å²) in [4.78, 5) is 14.3. The Morgan fingerprint density at radius 3 is 2.20 bits per heavy atom. The highest BCUT2D eigenvalue weighted by Gasteiger charge is 2.14. The number of anilines is 2. The summed E-state index contributed by atoms with van der Waals surface area (Å²) in [6.45, 7) is 0. The molecule has 212 valence electrons. The van der Waals surface area contributed by atoms with Gasteiger partial charge in [-0.3, -0.25) is 4.57 Å². The van der Waals surface area contributed by atoms with Crippen LogP contribution in [0.15, 0.2) is 63.9 Å². The first-order chi connectivity index (χ1) is 19.6. The number of methoxy groups -OCH3 is 2. The number of benzene rings is 2. The van der Waals surface area contributed by atoms with Crippen LogP contribution in [0, 0.1) is 11.6 Å². The minimum absolute atomic E-state index is 0.0187. The lowest BCUT2D eigenvalue weighted by Crippen LogP contribution is -2.04. The van der Waals surface area contributed by atoms with Crippen LogP contribution in [0.2, 0.25) is 5.15 Å². The van der Waals surface area contributed by atoms with Gasteiger partial charge in [-0.15, -0.1) is 0 Å². The van der Waals surface area contributed by atoms with Crippen LogP contribution in [0.3, 0.4) is 0 Å². The van der Waals surface area contributed by atoms with Gasteiger partial charge in [-0.1, -0.05) is 55.6 Å². The fourth-order valence-electron chi connectivity index (χ4n) is 3.91. The average Bonchev–Trinajstić information content (AvgIpc) is 3.59. The maximum absolute atomic E-state index is 13.9. The van der Waals surface area contributed by atoms with Crippen molar-refractivity contribution >= 4 is 72.3 Å². The van der Waals surface area contributed by atoms with E-state index in [-0.39, 0.29) is 22.9 Å². The third kappa shape index (κ3) is 7.10. The molecule has 3 heterocycles. The third-order valence-corrected chi connectivity index (χ3v) is 6.86. The molecule has 3 aromatic heterocycles. The Morgan fingerprint density at radius 1 is 0.902 bits per heavy atom. The smallest absolute Gasteiger partial charge is 0.222 e. The van der Waals surface area contributed by atoms with E-state index in [2.05, 4.69) is 70.0 Å². The van der Waals surface area contributed by atoms with E-state index in [1.54, 1.807) is 25.0 Å². The average molecular weight is 710 g/mol. The first-order valence-electron chi connectivity index (χ1n) is 11.7. The van der Waals surface area contributed by atoms with Crippen LogP contribution in [0.4, 0.5) is 20.7 Å². The van der Waals surface area contributed by atoms with E-state index in [0.29, 0.717) is 5.75 Å². The number of hydrogen-bond donors (Lipinski definition) is 2. The molecular formula is C27H22Br2ClF2N7O2. The SMILES string of the molecule is COc1cc(Br)cc2c1C=CC2.COc1cc(Br)cc2c1ccn2-c1nc(N)ncc1F.Nc1ncc(F)c(Cl)n1. The molecule has 9 nitrogen and oxygen atoms in total. The van der Waals surface area contributed by atoms with Crippen LogP contribution in [-0.4, -0.2) is 38.7 Å². The van der Waals surface area contributed by atoms with Gasteiger partial charge >= 0.3 is 0 Å². The number of aromatic nitrogens is 5. The van der Waals surface area contributed by atoms with Crippen molar-refractivity contribution in [2.75, 3.05) is 25.7 Å². The van der Waals surface area contributed by atoms with E-state index in [0.717, 1.165) is 44.4 Å². The second-order valence-corrected chi connectivity index (χ2v) is 10.5. The molecule has 0 spiro atoms. The first-order valence-corrected chi connectivity index (χ1v) is 13.7. The van der Waals surface area contributed by atoms with Gasteiger partial charge < -0.3 is 20.9 Å². The summed E-state index contributed by atoms with van der Waals surface area (Å²) in [5.41, 5.74) is 13.9. The van der Waals surface area contributed by atoms with Gasteiger partial charge in [0.15, 0.2) is 22.6 Å². The molecule has 14 heteroatoms. The van der Waals surface area contributed by atoms with Crippen molar-refractivity contribution in [3.63, 3.8) is 0 Å². The van der Waals surface area contributed by atoms with Gasteiger partial charge in [-0.05, 0) is 42.3 Å². The number of fused-ring (bicyclic) bond motifs is 2. The zero-order valence-electron chi connectivity index (χ0n) is 21.6. The number of ether oxygens (including phenoxy) is 2. The zero-order chi connectivity index (χ0) is 29.7. The van der Waals surface area contributed by atoms with Crippen molar-refractivity contribution in [3.05, 3.63) is 91.9 Å². The number of halogens is 5. The second kappa shape index (κ2) is 13.2. The van der Waals surface area contributed by atoms with E-state index < -0.39 is 11.6 Å². The van der Waals surface area contributed by atoms with Gasteiger partial charge in [0, 0.05) is 26.1 Å². The number of rotatable bonds is 3. The van der Waals surface area contributed by atoms with Crippen molar-refractivity contribution in [2.45, 2.75) is 6.42 Å². The van der Waals surface area contributed by atoms with Crippen LogP contribution in [0.5, 0.6) is 11.5 Å². The number of hydrogen-bond acceptors (Lipinski definition) is 8. The van der Waals surface area contributed by atoms with Crippen molar-refractivity contribution < 1.29 is 18.3 Å². The lowest BCUT2D eigenvalue weighted by atomic mass is 10.1. The highest BCUT2D eigenvalue weighted by molar-refractivity contribution is 9.10. The maximum atomic E-state index is 13.9. The molecule has 2 aromatic carbocycles. The predicted molar refractivity (Wildman–Crippen MR) is 162 cm³/mol. The number of nitrogen functional groups attached to an aromatic ring is 2.